The molecule has 1 amide bonds. The van der Waals surface area contributed by atoms with Crippen molar-refractivity contribution in [2.75, 3.05) is 5.32 Å². The summed E-state index contributed by atoms with van der Waals surface area (Å²) in [7, 11) is 0. The van der Waals surface area contributed by atoms with Gasteiger partial charge in [-0.25, -0.2) is 4.79 Å². The molecule has 5 nitrogen and oxygen atoms in total. The molecular formula is C18H25NO4. The number of hydrogen-bond donors (Lipinski definition) is 3. The van der Waals surface area contributed by atoms with Gasteiger partial charge >= 0.3 is 5.97 Å². The molecule has 0 bridgehead atoms. The highest BCUT2D eigenvalue weighted by Crippen LogP contribution is 2.38. The Labute approximate surface area is 136 Å². The number of rotatable bonds is 4. The first-order valence-electron chi connectivity index (χ1n) is 8.16. The number of anilines is 1. The number of phenols is 1. The van der Waals surface area contributed by atoms with Crippen LogP contribution in [0.3, 0.4) is 0 Å². The molecule has 1 fully saturated rings. The topological polar surface area (TPSA) is 86.6 Å². The zero-order valence-corrected chi connectivity index (χ0v) is 13.9. The number of aromatic hydroxyl groups is 1. The van der Waals surface area contributed by atoms with Crippen molar-refractivity contribution in [3.05, 3.63) is 23.8 Å². The van der Waals surface area contributed by atoms with Crippen LogP contribution >= 0.6 is 0 Å². The number of carbonyl (C=O) groups excluding carboxylic acids is 1. The van der Waals surface area contributed by atoms with E-state index in [0.717, 1.165) is 19.3 Å². The molecule has 2 rings (SSSR count). The Kier molecular flexibility index (Phi) is 5.29. The number of carbonyl (C=O) groups is 2. The second kappa shape index (κ2) is 7.02. The van der Waals surface area contributed by atoms with E-state index >= 15 is 0 Å². The zero-order chi connectivity index (χ0) is 17.1. The van der Waals surface area contributed by atoms with Gasteiger partial charge in [-0.05, 0) is 48.8 Å². The van der Waals surface area contributed by atoms with Crippen LogP contribution in [-0.4, -0.2) is 22.1 Å². The highest BCUT2D eigenvalue weighted by molar-refractivity contribution is 5.96. The molecule has 3 atom stereocenters. The van der Waals surface area contributed by atoms with Gasteiger partial charge in [-0.3, -0.25) is 4.79 Å². The lowest BCUT2D eigenvalue weighted by Gasteiger charge is -2.36. The second-order valence-corrected chi connectivity index (χ2v) is 6.96. The number of nitrogens with one attached hydrogen (secondary N) is 1. The summed E-state index contributed by atoms with van der Waals surface area (Å²) < 4.78 is 0. The maximum absolute atomic E-state index is 12.7. The van der Waals surface area contributed by atoms with E-state index < -0.39 is 5.97 Å². The van der Waals surface area contributed by atoms with Crippen LogP contribution in [0.15, 0.2) is 18.2 Å². The van der Waals surface area contributed by atoms with E-state index in [1.165, 1.54) is 18.2 Å². The highest BCUT2D eigenvalue weighted by Gasteiger charge is 2.35. The minimum absolute atomic E-state index is 0.0548. The van der Waals surface area contributed by atoms with Crippen LogP contribution in [0.25, 0.3) is 0 Å². The van der Waals surface area contributed by atoms with Gasteiger partial charge in [0.1, 0.15) is 11.3 Å². The van der Waals surface area contributed by atoms with Crippen LogP contribution in [0.1, 0.15) is 50.4 Å². The minimum atomic E-state index is -1.22. The van der Waals surface area contributed by atoms with Crippen LogP contribution in [0.2, 0.25) is 0 Å². The third kappa shape index (κ3) is 4.03. The predicted octanol–water partition coefficient (Wildman–Crippen LogP) is 3.74. The highest BCUT2D eigenvalue weighted by atomic mass is 16.4. The molecule has 0 spiro atoms. The number of aromatic carboxylic acids is 1. The van der Waals surface area contributed by atoms with E-state index in [4.69, 9.17) is 5.11 Å². The van der Waals surface area contributed by atoms with Gasteiger partial charge in [-0.1, -0.05) is 27.2 Å². The first-order chi connectivity index (χ1) is 10.8. The van der Waals surface area contributed by atoms with Gasteiger partial charge in [0.25, 0.3) is 0 Å². The predicted molar refractivity (Wildman–Crippen MR) is 88.5 cm³/mol. The van der Waals surface area contributed by atoms with E-state index in [2.05, 4.69) is 26.1 Å². The molecule has 1 saturated carbocycles. The van der Waals surface area contributed by atoms with Crippen LogP contribution in [0.4, 0.5) is 5.69 Å². The average molecular weight is 319 g/mol. The lowest BCUT2D eigenvalue weighted by atomic mass is 9.70. The fraction of sp³-hybridized carbons (Fsp3) is 0.556. The molecule has 1 aliphatic carbocycles. The first kappa shape index (κ1) is 17.3. The third-order valence-corrected chi connectivity index (χ3v) is 4.85. The van der Waals surface area contributed by atoms with Crippen molar-refractivity contribution >= 4 is 17.6 Å². The van der Waals surface area contributed by atoms with Crippen LogP contribution < -0.4 is 5.32 Å². The van der Waals surface area contributed by atoms with E-state index in [9.17, 15) is 14.7 Å². The number of amides is 1. The standard InChI is InChI=1S/C18H25NO4/c1-10(2)13-6-4-11(3)8-14(13)17(21)19-12-5-7-16(20)15(9-12)18(22)23/h5,7,9-11,13-14,20H,4,6,8H2,1-3H3,(H,19,21)(H,22,23)/t11-,13+,14-/m1/s1. The van der Waals surface area contributed by atoms with Crippen molar-refractivity contribution in [2.24, 2.45) is 23.7 Å². The summed E-state index contributed by atoms with van der Waals surface area (Å²) >= 11 is 0. The van der Waals surface area contributed by atoms with Crippen molar-refractivity contribution < 1.29 is 19.8 Å². The van der Waals surface area contributed by atoms with E-state index in [-0.39, 0.29) is 23.1 Å². The second-order valence-electron chi connectivity index (χ2n) is 6.96. The Morgan fingerprint density at radius 3 is 2.57 bits per heavy atom. The number of carboxylic acids is 1. The molecule has 0 aliphatic heterocycles. The zero-order valence-electron chi connectivity index (χ0n) is 13.9. The quantitative estimate of drug-likeness (QED) is 0.738. The summed E-state index contributed by atoms with van der Waals surface area (Å²) in [6.45, 7) is 6.45. The summed E-state index contributed by atoms with van der Waals surface area (Å²) in [5, 5.41) is 21.4. The number of carboxylic acid groups (broad SMARTS) is 1. The van der Waals surface area contributed by atoms with E-state index in [1.807, 2.05) is 0 Å². The first-order valence-corrected chi connectivity index (χ1v) is 8.16. The van der Waals surface area contributed by atoms with Gasteiger partial charge in [0, 0.05) is 11.6 Å². The molecule has 0 saturated heterocycles. The lowest BCUT2D eigenvalue weighted by molar-refractivity contribution is -0.124. The Bertz CT molecular complexity index is 597. The van der Waals surface area contributed by atoms with Crippen LogP contribution in [0.5, 0.6) is 5.75 Å². The Hall–Kier alpha value is -2.04. The molecule has 1 aromatic carbocycles. The summed E-state index contributed by atoms with van der Waals surface area (Å²) in [6, 6.07) is 4.12. The van der Waals surface area contributed by atoms with Gasteiger partial charge in [-0.2, -0.15) is 0 Å². The minimum Gasteiger partial charge on any atom is -0.507 e. The van der Waals surface area contributed by atoms with Gasteiger partial charge in [0.15, 0.2) is 0 Å². The molecule has 3 N–H and O–H groups in total. The molecule has 0 radical (unpaired) electrons. The molecule has 1 aliphatic rings. The molecule has 126 valence electrons. The maximum Gasteiger partial charge on any atom is 0.339 e. The Morgan fingerprint density at radius 1 is 1.26 bits per heavy atom. The van der Waals surface area contributed by atoms with Gasteiger partial charge in [0.2, 0.25) is 5.91 Å². The van der Waals surface area contributed by atoms with E-state index in [1.54, 1.807) is 0 Å². The normalized spacial score (nSPS) is 24.4. The summed E-state index contributed by atoms with van der Waals surface area (Å²) in [4.78, 5) is 23.7. The van der Waals surface area contributed by atoms with Crippen molar-refractivity contribution in [2.45, 2.75) is 40.0 Å². The largest absolute Gasteiger partial charge is 0.507 e. The SMILES string of the molecule is CC(C)[C@@H]1CC[C@@H](C)C[C@H]1C(=O)Nc1ccc(O)c(C(=O)O)c1. The molecular weight excluding hydrogens is 294 g/mol. The molecule has 0 aromatic heterocycles. The van der Waals surface area contributed by atoms with E-state index in [0.29, 0.717) is 23.4 Å². The van der Waals surface area contributed by atoms with Crippen LogP contribution in [-0.2, 0) is 4.79 Å². The molecule has 1 aromatic rings. The van der Waals surface area contributed by atoms with Gasteiger partial charge in [-0.15, -0.1) is 0 Å². The number of hydrogen-bond acceptors (Lipinski definition) is 3. The Morgan fingerprint density at radius 2 is 1.96 bits per heavy atom. The van der Waals surface area contributed by atoms with Crippen molar-refractivity contribution in [3.8, 4) is 5.75 Å². The lowest BCUT2D eigenvalue weighted by Crippen LogP contribution is -2.36. The molecule has 0 unspecified atom stereocenters. The van der Waals surface area contributed by atoms with Gasteiger partial charge < -0.3 is 15.5 Å². The van der Waals surface area contributed by atoms with Gasteiger partial charge in [0.05, 0.1) is 0 Å². The average Bonchev–Trinajstić information content (AvgIpc) is 2.48. The maximum atomic E-state index is 12.7. The monoisotopic (exact) mass is 319 g/mol. The molecule has 0 heterocycles. The smallest absolute Gasteiger partial charge is 0.339 e. The summed E-state index contributed by atoms with van der Waals surface area (Å²) in [6.07, 6.45) is 3.06. The number of benzene rings is 1. The third-order valence-electron chi connectivity index (χ3n) is 4.85. The van der Waals surface area contributed by atoms with Crippen LogP contribution in [0, 0.1) is 23.7 Å². The Balaban J connectivity index is 2.17. The fourth-order valence-electron chi connectivity index (χ4n) is 3.52. The fourth-order valence-corrected chi connectivity index (χ4v) is 3.52. The summed E-state index contributed by atoms with van der Waals surface area (Å²) in [5.41, 5.74) is 0.200. The molecule has 5 heteroatoms. The van der Waals surface area contributed by atoms with Crippen molar-refractivity contribution in [1.29, 1.82) is 0 Å². The van der Waals surface area contributed by atoms with Crippen molar-refractivity contribution in [3.63, 3.8) is 0 Å². The summed E-state index contributed by atoms with van der Waals surface area (Å²) in [5.74, 6) is -0.324. The molecule has 23 heavy (non-hydrogen) atoms. The van der Waals surface area contributed by atoms with Crippen molar-refractivity contribution in [1.82, 2.24) is 0 Å².